The van der Waals surface area contributed by atoms with E-state index in [0.29, 0.717) is 32.8 Å². The minimum absolute atomic E-state index is 0.0967. The average molecular weight is 395 g/mol. The molecule has 0 aliphatic carbocycles. The maximum Gasteiger partial charge on any atom is 0.250 e. The van der Waals surface area contributed by atoms with Crippen molar-refractivity contribution in [2.45, 2.75) is 6.61 Å². The van der Waals surface area contributed by atoms with Crippen LogP contribution in [-0.2, 0) is 16.1 Å². The summed E-state index contributed by atoms with van der Waals surface area (Å²) in [6, 6.07) is 12.3. The van der Waals surface area contributed by atoms with Gasteiger partial charge in [-0.1, -0.05) is 28.4 Å². The van der Waals surface area contributed by atoms with E-state index in [4.69, 9.17) is 32.5 Å². The number of hydrogen-bond acceptors (Lipinski definition) is 4. The number of nitrogens with zero attached hydrogens (tertiary/aromatic N) is 1. The van der Waals surface area contributed by atoms with Gasteiger partial charge < -0.3 is 14.6 Å². The van der Waals surface area contributed by atoms with Gasteiger partial charge in [0, 0.05) is 17.3 Å². The summed E-state index contributed by atoms with van der Waals surface area (Å²) in [6.45, 7) is -0.0710. The Morgan fingerprint density at radius 2 is 1.88 bits per heavy atom. The molecule has 1 aromatic heterocycles. The maximum absolute atomic E-state index is 12.9. The summed E-state index contributed by atoms with van der Waals surface area (Å²) in [7, 11) is 0. The van der Waals surface area contributed by atoms with Crippen molar-refractivity contribution in [3.8, 4) is 11.3 Å². The van der Waals surface area contributed by atoms with Crippen LogP contribution in [0.2, 0.25) is 10.0 Å². The molecule has 0 fully saturated rings. The fourth-order valence-corrected chi connectivity index (χ4v) is 2.45. The third-order valence-electron chi connectivity index (χ3n) is 3.37. The van der Waals surface area contributed by atoms with Crippen molar-refractivity contribution in [1.29, 1.82) is 0 Å². The molecule has 0 unspecified atom stereocenters. The predicted octanol–water partition coefficient (Wildman–Crippen LogP) is 4.94. The first-order valence-electron chi connectivity index (χ1n) is 7.55. The van der Waals surface area contributed by atoms with E-state index in [9.17, 15) is 9.18 Å². The van der Waals surface area contributed by atoms with E-state index in [0.717, 1.165) is 0 Å². The van der Waals surface area contributed by atoms with E-state index in [1.807, 2.05) is 0 Å². The first-order chi connectivity index (χ1) is 12.5. The lowest BCUT2D eigenvalue weighted by molar-refractivity contribution is -0.121. The Kier molecular flexibility index (Phi) is 5.88. The highest BCUT2D eigenvalue weighted by atomic mass is 35.5. The minimum atomic E-state index is -0.342. The van der Waals surface area contributed by atoms with Crippen molar-refractivity contribution < 1.29 is 18.4 Å². The number of carbonyl (C=O) groups is 1. The van der Waals surface area contributed by atoms with E-state index in [1.165, 1.54) is 12.1 Å². The number of ether oxygens (including phenoxy) is 1. The van der Waals surface area contributed by atoms with Gasteiger partial charge in [-0.15, -0.1) is 0 Å². The molecule has 0 saturated heterocycles. The largest absolute Gasteiger partial charge is 0.365 e. The number of nitrogens with one attached hydrogen (secondary N) is 1. The van der Waals surface area contributed by atoms with Crippen molar-refractivity contribution in [2.75, 3.05) is 11.9 Å². The monoisotopic (exact) mass is 394 g/mol. The van der Waals surface area contributed by atoms with Crippen LogP contribution in [0.15, 0.2) is 53.1 Å². The summed E-state index contributed by atoms with van der Waals surface area (Å²) in [5.41, 5.74) is 1.74. The van der Waals surface area contributed by atoms with Crippen molar-refractivity contribution in [3.63, 3.8) is 0 Å². The second kappa shape index (κ2) is 8.31. The Labute approximate surface area is 158 Å². The van der Waals surface area contributed by atoms with E-state index < -0.39 is 0 Å². The molecule has 0 spiro atoms. The lowest BCUT2D eigenvalue weighted by Gasteiger charge is -2.06. The molecular formula is C18H13Cl2FN2O3. The number of amides is 1. The molecule has 0 radical (unpaired) electrons. The van der Waals surface area contributed by atoms with Gasteiger partial charge in [0.05, 0.1) is 16.7 Å². The number of benzene rings is 2. The molecular weight excluding hydrogens is 382 g/mol. The zero-order valence-corrected chi connectivity index (χ0v) is 14.9. The topological polar surface area (TPSA) is 64.4 Å². The van der Waals surface area contributed by atoms with Crippen molar-refractivity contribution in [1.82, 2.24) is 5.16 Å². The minimum Gasteiger partial charge on any atom is -0.365 e. The lowest BCUT2D eigenvalue weighted by atomic mass is 10.1. The zero-order valence-electron chi connectivity index (χ0n) is 13.3. The summed E-state index contributed by atoms with van der Waals surface area (Å²) in [6.07, 6.45) is 0. The van der Waals surface area contributed by atoms with Crippen LogP contribution >= 0.6 is 23.2 Å². The van der Waals surface area contributed by atoms with Crippen LogP contribution in [0.5, 0.6) is 0 Å². The second-order valence-corrected chi connectivity index (χ2v) is 6.17. The number of halogens is 3. The summed E-state index contributed by atoms with van der Waals surface area (Å²) in [5, 5.41) is 7.26. The number of aromatic nitrogens is 1. The number of hydrogen-bond donors (Lipinski definition) is 1. The van der Waals surface area contributed by atoms with Crippen molar-refractivity contribution in [2.24, 2.45) is 0 Å². The standard InChI is InChI=1S/C18H13Cl2FN2O3/c19-15-6-5-13(7-16(15)20)22-18(24)10-25-9-14-8-17(26-23-14)11-1-3-12(21)4-2-11/h1-8H,9-10H2,(H,22,24). The van der Waals surface area contributed by atoms with Crippen LogP contribution in [0.25, 0.3) is 11.3 Å². The van der Waals surface area contributed by atoms with Gasteiger partial charge in [0.2, 0.25) is 5.91 Å². The molecule has 2 aromatic carbocycles. The highest BCUT2D eigenvalue weighted by Gasteiger charge is 2.09. The molecule has 134 valence electrons. The molecule has 1 N–H and O–H groups in total. The van der Waals surface area contributed by atoms with Gasteiger partial charge in [0.15, 0.2) is 5.76 Å². The van der Waals surface area contributed by atoms with Gasteiger partial charge in [-0.3, -0.25) is 4.79 Å². The first-order valence-corrected chi connectivity index (χ1v) is 8.31. The quantitative estimate of drug-likeness (QED) is 0.642. The highest BCUT2D eigenvalue weighted by molar-refractivity contribution is 6.42. The lowest BCUT2D eigenvalue weighted by Crippen LogP contribution is -2.18. The third kappa shape index (κ3) is 4.82. The molecule has 5 nitrogen and oxygen atoms in total. The van der Waals surface area contributed by atoms with E-state index >= 15 is 0 Å². The van der Waals surface area contributed by atoms with Crippen LogP contribution in [0.3, 0.4) is 0 Å². The third-order valence-corrected chi connectivity index (χ3v) is 4.11. The van der Waals surface area contributed by atoms with Gasteiger partial charge in [0.25, 0.3) is 0 Å². The number of anilines is 1. The summed E-state index contributed by atoms with van der Waals surface area (Å²) >= 11 is 11.7. The molecule has 1 heterocycles. The molecule has 26 heavy (non-hydrogen) atoms. The van der Waals surface area contributed by atoms with Gasteiger partial charge >= 0.3 is 0 Å². The molecule has 0 bridgehead atoms. The number of carbonyl (C=O) groups excluding carboxylic acids is 1. The highest BCUT2D eigenvalue weighted by Crippen LogP contribution is 2.25. The zero-order chi connectivity index (χ0) is 18.5. The Balaban J connectivity index is 1.49. The Hall–Kier alpha value is -2.41. The summed E-state index contributed by atoms with van der Waals surface area (Å²) < 4.78 is 23.4. The van der Waals surface area contributed by atoms with Gasteiger partial charge in [0.1, 0.15) is 18.1 Å². The van der Waals surface area contributed by atoms with Gasteiger partial charge in [-0.05, 0) is 42.5 Å². The number of rotatable bonds is 6. The van der Waals surface area contributed by atoms with Crippen LogP contribution in [0.4, 0.5) is 10.1 Å². The van der Waals surface area contributed by atoms with E-state index in [-0.39, 0.29) is 24.9 Å². The molecule has 3 aromatic rings. The molecule has 0 saturated carbocycles. The van der Waals surface area contributed by atoms with Gasteiger partial charge in [-0.25, -0.2) is 4.39 Å². The molecule has 0 atom stereocenters. The fourth-order valence-electron chi connectivity index (χ4n) is 2.15. The van der Waals surface area contributed by atoms with Gasteiger partial charge in [-0.2, -0.15) is 0 Å². The second-order valence-electron chi connectivity index (χ2n) is 5.36. The molecule has 3 rings (SSSR count). The normalized spacial score (nSPS) is 10.7. The average Bonchev–Trinajstić information content (AvgIpc) is 3.08. The van der Waals surface area contributed by atoms with Crippen molar-refractivity contribution in [3.05, 3.63) is 70.1 Å². The van der Waals surface area contributed by atoms with Crippen LogP contribution in [-0.4, -0.2) is 17.7 Å². The Morgan fingerprint density at radius 3 is 2.62 bits per heavy atom. The predicted molar refractivity (Wildman–Crippen MR) is 96.6 cm³/mol. The molecule has 8 heteroatoms. The molecule has 0 aliphatic heterocycles. The Morgan fingerprint density at radius 1 is 1.12 bits per heavy atom. The fraction of sp³-hybridized carbons (Fsp3) is 0.111. The van der Waals surface area contributed by atoms with Crippen LogP contribution in [0.1, 0.15) is 5.69 Å². The van der Waals surface area contributed by atoms with Crippen LogP contribution in [0, 0.1) is 5.82 Å². The molecule has 0 aliphatic rings. The smallest absolute Gasteiger partial charge is 0.250 e. The Bertz CT molecular complexity index is 913. The SMILES string of the molecule is O=C(COCc1cc(-c2ccc(F)cc2)on1)Nc1ccc(Cl)c(Cl)c1. The van der Waals surface area contributed by atoms with Crippen molar-refractivity contribution >= 4 is 34.8 Å². The molecule has 1 amide bonds. The van der Waals surface area contributed by atoms with E-state index in [1.54, 1.807) is 36.4 Å². The maximum atomic E-state index is 12.9. The van der Waals surface area contributed by atoms with E-state index in [2.05, 4.69) is 10.5 Å². The van der Waals surface area contributed by atoms with Crippen LogP contribution < -0.4 is 5.32 Å². The summed E-state index contributed by atoms with van der Waals surface area (Å²) in [5.74, 6) is -0.181. The first kappa shape index (κ1) is 18.4. The summed E-state index contributed by atoms with van der Waals surface area (Å²) in [4.78, 5) is 11.9.